The number of carbonyl (C=O) groups excluding carboxylic acids is 1. The molecule has 0 aliphatic heterocycles. The first-order valence-corrected chi connectivity index (χ1v) is 7.52. The lowest BCUT2D eigenvalue weighted by Gasteiger charge is -2.29. The number of hydrogen-bond donors (Lipinski definition) is 2. The van der Waals surface area contributed by atoms with E-state index in [0.717, 1.165) is 11.8 Å². The first-order valence-electron chi connectivity index (χ1n) is 7.52. The fraction of sp³-hybridized carbons (Fsp3) is 0.933. The van der Waals surface area contributed by atoms with E-state index in [1.165, 1.54) is 25.7 Å². The summed E-state index contributed by atoms with van der Waals surface area (Å²) in [6.45, 7) is 6.30. The number of nitrogens with two attached hydrogens (primary N) is 1. The molecular formula is C15H28N2O. The summed E-state index contributed by atoms with van der Waals surface area (Å²) in [4.78, 5) is 11.9. The normalized spacial score (nSPS) is 33.7. The average molecular weight is 252 g/mol. The Bertz CT molecular complexity index is 303. The Balaban J connectivity index is 1.77. The van der Waals surface area contributed by atoms with Crippen molar-refractivity contribution in [2.45, 2.75) is 65.0 Å². The maximum Gasteiger partial charge on any atom is 0.221 e. The molecule has 3 N–H and O–H groups in total. The lowest BCUT2D eigenvalue weighted by molar-refractivity contribution is -0.122. The van der Waals surface area contributed by atoms with Crippen molar-refractivity contribution < 1.29 is 4.79 Å². The van der Waals surface area contributed by atoms with Crippen LogP contribution in [-0.4, -0.2) is 18.0 Å². The molecule has 0 aromatic rings. The van der Waals surface area contributed by atoms with Gasteiger partial charge in [-0.2, -0.15) is 0 Å². The van der Waals surface area contributed by atoms with Crippen LogP contribution in [0, 0.1) is 23.7 Å². The van der Waals surface area contributed by atoms with Crippen LogP contribution in [0.25, 0.3) is 0 Å². The summed E-state index contributed by atoms with van der Waals surface area (Å²) in [7, 11) is 0. The minimum Gasteiger partial charge on any atom is -0.353 e. The first kappa shape index (κ1) is 13.9. The van der Waals surface area contributed by atoms with Crippen molar-refractivity contribution in [3.05, 3.63) is 0 Å². The highest BCUT2D eigenvalue weighted by Gasteiger charge is 2.42. The zero-order valence-electron chi connectivity index (χ0n) is 12.0. The highest BCUT2D eigenvalue weighted by atomic mass is 16.1. The maximum atomic E-state index is 11.9. The van der Waals surface area contributed by atoms with Crippen molar-refractivity contribution in [2.24, 2.45) is 29.4 Å². The second kappa shape index (κ2) is 5.60. The van der Waals surface area contributed by atoms with E-state index in [9.17, 15) is 4.79 Å². The topological polar surface area (TPSA) is 55.1 Å². The van der Waals surface area contributed by atoms with E-state index in [1.54, 1.807) is 0 Å². The zero-order valence-corrected chi connectivity index (χ0v) is 12.0. The molecule has 2 aliphatic rings. The van der Waals surface area contributed by atoms with Crippen molar-refractivity contribution in [2.75, 3.05) is 0 Å². The number of carbonyl (C=O) groups is 1. The van der Waals surface area contributed by atoms with E-state index in [0.29, 0.717) is 24.3 Å². The zero-order chi connectivity index (χ0) is 13.3. The molecule has 0 saturated heterocycles. The minimum atomic E-state index is -0.0165. The largest absolute Gasteiger partial charge is 0.353 e. The maximum absolute atomic E-state index is 11.9. The average Bonchev–Trinajstić information content (AvgIpc) is 2.89. The van der Waals surface area contributed by atoms with Crippen molar-refractivity contribution >= 4 is 5.91 Å². The van der Waals surface area contributed by atoms with E-state index in [2.05, 4.69) is 26.1 Å². The molecule has 3 heteroatoms. The number of fused-ring (bicyclic) bond motifs is 2. The molecule has 0 heterocycles. The van der Waals surface area contributed by atoms with Crippen LogP contribution in [0.5, 0.6) is 0 Å². The predicted molar refractivity (Wildman–Crippen MR) is 74.0 cm³/mol. The summed E-state index contributed by atoms with van der Waals surface area (Å²) in [5, 5.41) is 3.17. The van der Waals surface area contributed by atoms with Gasteiger partial charge in [-0.1, -0.05) is 20.3 Å². The number of rotatable bonds is 5. The molecule has 5 atom stereocenters. The summed E-state index contributed by atoms with van der Waals surface area (Å²) < 4.78 is 0. The van der Waals surface area contributed by atoms with Gasteiger partial charge in [0.2, 0.25) is 5.91 Å². The van der Waals surface area contributed by atoms with Gasteiger partial charge < -0.3 is 11.1 Å². The van der Waals surface area contributed by atoms with Crippen LogP contribution in [0.1, 0.15) is 52.9 Å². The highest BCUT2D eigenvalue weighted by molar-refractivity contribution is 5.76. The van der Waals surface area contributed by atoms with Gasteiger partial charge in [0.05, 0.1) is 0 Å². The van der Waals surface area contributed by atoms with Crippen LogP contribution in [0.4, 0.5) is 0 Å². The Labute approximate surface area is 111 Å². The molecule has 3 nitrogen and oxygen atoms in total. The fourth-order valence-electron chi connectivity index (χ4n) is 3.78. The third-order valence-electron chi connectivity index (χ3n) is 5.10. The van der Waals surface area contributed by atoms with E-state index in [1.807, 2.05) is 0 Å². The summed E-state index contributed by atoms with van der Waals surface area (Å²) in [5.74, 6) is 3.02. The monoisotopic (exact) mass is 252 g/mol. The van der Waals surface area contributed by atoms with Gasteiger partial charge in [0.15, 0.2) is 0 Å². The molecule has 1 amide bonds. The Morgan fingerprint density at radius 1 is 1.28 bits per heavy atom. The lowest BCUT2D eigenvalue weighted by Crippen LogP contribution is -2.43. The van der Waals surface area contributed by atoms with Gasteiger partial charge in [-0.3, -0.25) is 4.79 Å². The summed E-state index contributed by atoms with van der Waals surface area (Å²) in [6, 6.07) is 0.310. The molecule has 2 saturated carbocycles. The number of hydrogen-bond acceptors (Lipinski definition) is 2. The van der Waals surface area contributed by atoms with Gasteiger partial charge >= 0.3 is 0 Å². The third kappa shape index (κ3) is 3.05. The Morgan fingerprint density at radius 2 is 2.00 bits per heavy atom. The molecule has 5 unspecified atom stereocenters. The lowest BCUT2D eigenvalue weighted by atomic mass is 9.84. The van der Waals surface area contributed by atoms with Crippen molar-refractivity contribution in [1.82, 2.24) is 5.32 Å². The molecule has 0 aromatic carbocycles. The molecule has 0 radical (unpaired) electrons. The van der Waals surface area contributed by atoms with Crippen molar-refractivity contribution in [3.8, 4) is 0 Å². The van der Waals surface area contributed by atoms with E-state index in [-0.39, 0.29) is 11.9 Å². The smallest absolute Gasteiger partial charge is 0.221 e. The summed E-state index contributed by atoms with van der Waals surface area (Å²) in [5.41, 5.74) is 5.95. The first-order chi connectivity index (χ1) is 8.47. The molecule has 0 spiro atoms. The number of amides is 1. The second-order valence-electron chi connectivity index (χ2n) is 6.81. The third-order valence-corrected chi connectivity index (χ3v) is 5.10. The number of nitrogens with one attached hydrogen (secondary N) is 1. The molecule has 2 fully saturated rings. The Hall–Kier alpha value is -0.570. The quantitative estimate of drug-likeness (QED) is 0.789. The SMILES string of the molecule is CC(C)C(N)CC(=O)NC(C)C1CC2CCC1C2. The second-order valence-corrected chi connectivity index (χ2v) is 6.81. The summed E-state index contributed by atoms with van der Waals surface area (Å²) in [6.07, 6.45) is 5.97. The van der Waals surface area contributed by atoms with Crippen LogP contribution >= 0.6 is 0 Å². The van der Waals surface area contributed by atoms with Gasteiger partial charge in [0.1, 0.15) is 0 Å². The van der Waals surface area contributed by atoms with E-state index < -0.39 is 0 Å². The highest BCUT2D eigenvalue weighted by Crippen LogP contribution is 2.49. The van der Waals surface area contributed by atoms with Crippen LogP contribution < -0.4 is 11.1 Å². The van der Waals surface area contributed by atoms with Crippen LogP contribution in [0.3, 0.4) is 0 Å². The molecule has 104 valence electrons. The standard InChI is InChI=1S/C15H28N2O/c1-9(2)14(16)8-15(18)17-10(3)13-7-11-4-5-12(13)6-11/h9-14H,4-8,16H2,1-3H3,(H,17,18). The molecular weight excluding hydrogens is 224 g/mol. The predicted octanol–water partition coefficient (Wildman–Crippen LogP) is 2.30. The van der Waals surface area contributed by atoms with Crippen molar-refractivity contribution in [1.29, 1.82) is 0 Å². The molecule has 0 aromatic heterocycles. The van der Waals surface area contributed by atoms with Gasteiger partial charge in [0.25, 0.3) is 0 Å². The van der Waals surface area contributed by atoms with Gasteiger partial charge in [-0.05, 0) is 49.9 Å². The van der Waals surface area contributed by atoms with Gasteiger partial charge in [-0.25, -0.2) is 0 Å². The Kier molecular flexibility index (Phi) is 4.31. The van der Waals surface area contributed by atoms with E-state index >= 15 is 0 Å². The van der Waals surface area contributed by atoms with Crippen LogP contribution in [0.2, 0.25) is 0 Å². The molecule has 18 heavy (non-hydrogen) atoms. The minimum absolute atomic E-state index is 0.0165. The molecule has 2 bridgehead atoms. The molecule has 2 aliphatic carbocycles. The van der Waals surface area contributed by atoms with Gasteiger partial charge in [0, 0.05) is 18.5 Å². The molecule has 2 rings (SSSR count). The Morgan fingerprint density at radius 3 is 2.50 bits per heavy atom. The van der Waals surface area contributed by atoms with Crippen LogP contribution in [0.15, 0.2) is 0 Å². The van der Waals surface area contributed by atoms with Crippen molar-refractivity contribution in [3.63, 3.8) is 0 Å². The van der Waals surface area contributed by atoms with Crippen LogP contribution in [-0.2, 0) is 4.79 Å². The van der Waals surface area contributed by atoms with Gasteiger partial charge in [-0.15, -0.1) is 0 Å². The fourth-order valence-corrected chi connectivity index (χ4v) is 3.78. The summed E-state index contributed by atoms with van der Waals surface area (Å²) >= 11 is 0. The van der Waals surface area contributed by atoms with E-state index in [4.69, 9.17) is 5.73 Å².